The molecule has 0 radical (unpaired) electrons. The summed E-state index contributed by atoms with van der Waals surface area (Å²) in [6.45, 7) is 1.25. The van der Waals surface area contributed by atoms with Gasteiger partial charge in [-0.3, -0.25) is 19.3 Å². The zero-order valence-electron chi connectivity index (χ0n) is 18.0. The Morgan fingerprint density at radius 2 is 1.73 bits per heavy atom. The third kappa shape index (κ3) is 2.61. The van der Waals surface area contributed by atoms with Crippen LogP contribution < -0.4 is 5.73 Å². The first kappa shape index (κ1) is 22.9. The van der Waals surface area contributed by atoms with Crippen molar-refractivity contribution >= 4 is 23.2 Å². The number of aliphatic hydroxyl groups is 5. The Morgan fingerprint density at radius 1 is 1.12 bits per heavy atom. The molecule has 1 aromatic carbocycles. The van der Waals surface area contributed by atoms with E-state index < -0.39 is 81.1 Å². The average Bonchev–Trinajstić information content (AvgIpc) is 2.70. The quantitative estimate of drug-likeness (QED) is 0.257. The molecular formula is C22H24N2O9. The van der Waals surface area contributed by atoms with E-state index in [0.717, 1.165) is 0 Å². The van der Waals surface area contributed by atoms with Crippen molar-refractivity contribution in [1.29, 1.82) is 0 Å². The number of hydrogen-bond donors (Lipinski definition) is 7. The summed E-state index contributed by atoms with van der Waals surface area (Å²) in [5.41, 5.74) is -1.78. The first-order valence-corrected chi connectivity index (χ1v) is 10.1. The minimum atomic E-state index is -3.02. The number of amides is 1. The molecule has 0 saturated heterocycles. The maximum atomic E-state index is 13.7. The van der Waals surface area contributed by atoms with Crippen LogP contribution in [-0.4, -0.2) is 84.9 Å². The molecule has 3 aliphatic rings. The number of rotatable bonds is 2. The summed E-state index contributed by atoms with van der Waals surface area (Å²) in [4.78, 5) is 39.9. The van der Waals surface area contributed by atoms with E-state index in [2.05, 4.69) is 0 Å². The number of aliphatic hydroxyl groups excluding tert-OH is 3. The Morgan fingerprint density at radius 3 is 2.27 bits per heavy atom. The lowest BCUT2D eigenvalue weighted by Crippen LogP contribution is -2.71. The molecule has 0 aliphatic heterocycles. The highest BCUT2D eigenvalue weighted by Gasteiger charge is 2.70. The fourth-order valence-electron chi connectivity index (χ4n) is 5.60. The Hall–Kier alpha value is -3.25. The van der Waals surface area contributed by atoms with Gasteiger partial charge in [-0.2, -0.15) is 0 Å². The number of primary amides is 1. The summed E-state index contributed by atoms with van der Waals surface area (Å²) in [7, 11) is 2.80. The smallest absolute Gasteiger partial charge is 0.255 e. The van der Waals surface area contributed by atoms with E-state index in [-0.39, 0.29) is 11.1 Å². The highest BCUT2D eigenvalue weighted by Crippen LogP contribution is 2.57. The van der Waals surface area contributed by atoms with Crippen molar-refractivity contribution in [3.8, 4) is 5.75 Å². The van der Waals surface area contributed by atoms with Crippen LogP contribution in [0.4, 0.5) is 0 Å². The zero-order valence-corrected chi connectivity index (χ0v) is 18.0. The Bertz CT molecular complexity index is 1180. The van der Waals surface area contributed by atoms with Gasteiger partial charge in [0, 0.05) is 0 Å². The number of Topliss-reactive ketones (excluding diaryl/α,β-unsaturated/α-hetero) is 2. The van der Waals surface area contributed by atoms with E-state index in [9.17, 15) is 45.0 Å². The van der Waals surface area contributed by atoms with Gasteiger partial charge in [0.2, 0.25) is 5.78 Å². The molecule has 0 aromatic heterocycles. The number of nitrogens with two attached hydrogens (primary N) is 1. The number of nitrogens with zero attached hydrogens (tertiary/aromatic N) is 1. The second-order valence-electron chi connectivity index (χ2n) is 9.06. The molecule has 8 N–H and O–H groups in total. The van der Waals surface area contributed by atoms with Crippen LogP contribution in [0.25, 0.3) is 5.76 Å². The number of aromatic hydroxyl groups is 1. The van der Waals surface area contributed by atoms with Gasteiger partial charge in [0.15, 0.2) is 11.4 Å². The van der Waals surface area contributed by atoms with Crippen molar-refractivity contribution in [2.45, 2.75) is 30.3 Å². The van der Waals surface area contributed by atoms with Crippen molar-refractivity contribution in [3.63, 3.8) is 0 Å². The highest BCUT2D eigenvalue weighted by molar-refractivity contribution is 6.24. The summed E-state index contributed by atoms with van der Waals surface area (Å²) in [5.74, 6) is -9.67. The number of carbonyl (C=O) groups excluding carboxylic acids is 3. The number of phenols is 1. The van der Waals surface area contributed by atoms with E-state index >= 15 is 0 Å². The number of ketones is 2. The van der Waals surface area contributed by atoms with E-state index in [1.54, 1.807) is 0 Å². The monoisotopic (exact) mass is 460 g/mol. The SMILES string of the molecule is CN(C)C1C(=O)C(C(N)=O)=C(O)[C@]2(O)C(=O)C3=C(O)c4c(O)cccc4[C@@](C)(O)C3C(O)C12. The van der Waals surface area contributed by atoms with Crippen LogP contribution in [0.3, 0.4) is 0 Å². The second kappa shape index (κ2) is 6.87. The van der Waals surface area contributed by atoms with E-state index in [1.165, 1.54) is 44.1 Å². The lowest BCUT2D eigenvalue weighted by molar-refractivity contribution is -0.181. The predicted molar refractivity (Wildman–Crippen MR) is 112 cm³/mol. The molecule has 33 heavy (non-hydrogen) atoms. The van der Waals surface area contributed by atoms with Crippen LogP contribution in [0.1, 0.15) is 18.1 Å². The van der Waals surface area contributed by atoms with Crippen LogP contribution in [0, 0.1) is 11.8 Å². The Labute approximate surface area is 187 Å². The largest absolute Gasteiger partial charge is 0.508 e. The van der Waals surface area contributed by atoms with Gasteiger partial charge in [0.25, 0.3) is 5.91 Å². The number of likely N-dealkylation sites (N-methyl/N-ethyl adjacent to an activating group) is 1. The molecular weight excluding hydrogens is 436 g/mol. The molecule has 11 heteroatoms. The van der Waals surface area contributed by atoms with Gasteiger partial charge in [0.05, 0.1) is 40.7 Å². The minimum absolute atomic E-state index is 0.00664. The number of hydrogen-bond acceptors (Lipinski definition) is 10. The van der Waals surface area contributed by atoms with E-state index in [1.807, 2.05) is 0 Å². The van der Waals surface area contributed by atoms with Crippen molar-refractivity contribution in [2.24, 2.45) is 17.6 Å². The molecule has 1 saturated carbocycles. The van der Waals surface area contributed by atoms with E-state index in [4.69, 9.17) is 5.73 Å². The topological polar surface area (TPSA) is 202 Å². The zero-order chi connectivity index (χ0) is 24.8. The molecule has 0 spiro atoms. The third-order valence-corrected chi connectivity index (χ3v) is 7.03. The van der Waals surface area contributed by atoms with Gasteiger partial charge in [-0.15, -0.1) is 0 Å². The molecule has 11 nitrogen and oxygen atoms in total. The number of carbonyl (C=O) groups is 3. The van der Waals surface area contributed by atoms with Gasteiger partial charge >= 0.3 is 0 Å². The Balaban J connectivity index is 2.11. The molecule has 4 unspecified atom stereocenters. The molecule has 1 fully saturated rings. The summed E-state index contributed by atoms with van der Waals surface area (Å²) in [6.07, 6.45) is -1.87. The molecule has 3 aliphatic carbocycles. The maximum Gasteiger partial charge on any atom is 0.255 e. The van der Waals surface area contributed by atoms with Crippen molar-refractivity contribution in [2.75, 3.05) is 14.1 Å². The van der Waals surface area contributed by atoms with Gasteiger partial charge in [-0.05, 0) is 32.6 Å². The van der Waals surface area contributed by atoms with Crippen molar-refractivity contribution in [1.82, 2.24) is 4.90 Å². The van der Waals surface area contributed by atoms with Gasteiger partial charge < -0.3 is 36.4 Å². The summed E-state index contributed by atoms with van der Waals surface area (Å²) in [5, 5.41) is 66.3. The standard InChI is InChI=1S/C22H24N2O9/c1-21(32)7-5-4-6-8(25)9(7)15(26)10-12(21)17(28)13-14(24(2)3)16(27)11(20(23)31)19(30)22(13,33)18(10)29/h4-6,12-14,17,25-26,28,30,32-33H,1-3H3,(H2,23,31)/t12?,13?,14?,17?,21-,22-/m1/s1. The lowest BCUT2D eigenvalue weighted by Gasteiger charge is -2.55. The van der Waals surface area contributed by atoms with Gasteiger partial charge in [-0.1, -0.05) is 12.1 Å². The first-order chi connectivity index (χ1) is 15.2. The van der Waals surface area contributed by atoms with Crippen LogP contribution in [-0.2, 0) is 20.0 Å². The molecule has 4 rings (SSSR count). The van der Waals surface area contributed by atoms with Gasteiger partial charge in [0.1, 0.15) is 22.8 Å². The fourth-order valence-corrected chi connectivity index (χ4v) is 5.60. The first-order valence-electron chi connectivity index (χ1n) is 10.1. The van der Waals surface area contributed by atoms with Crippen molar-refractivity contribution < 1.29 is 45.0 Å². The summed E-state index contributed by atoms with van der Waals surface area (Å²) >= 11 is 0. The molecule has 0 bridgehead atoms. The molecule has 1 aromatic rings. The van der Waals surface area contributed by atoms with Crippen LogP contribution in [0.2, 0.25) is 0 Å². The number of benzene rings is 1. The molecule has 6 atom stereocenters. The predicted octanol–water partition coefficient (Wildman–Crippen LogP) is -1.40. The summed E-state index contributed by atoms with van der Waals surface area (Å²) in [6, 6.07) is 2.50. The second-order valence-corrected chi connectivity index (χ2v) is 9.06. The van der Waals surface area contributed by atoms with Crippen LogP contribution >= 0.6 is 0 Å². The van der Waals surface area contributed by atoms with Gasteiger partial charge in [-0.25, -0.2) is 0 Å². The summed E-state index contributed by atoms with van der Waals surface area (Å²) < 4.78 is 0. The highest BCUT2D eigenvalue weighted by atomic mass is 16.4. The Kier molecular flexibility index (Phi) is 4.78. The number of phenolic OH excluding ortho intramolecular Hbond substituents is 1. The number of fused-ring (bicyclic) bond motifs is 3. The molecule has 176 valence electrons. The van der Waals surface area contributed by atoms with E-state index in [0.29, 0.717) is 0 Å². The molecule has 0 heterocycles. The van der Waals surface area contributed by atoms with Crippen LogP contribution in [0.5, 0.6) is 5.75 Å². The maximum absolute atomic E-state index is 13.7. The van der Waals surface area contributed by atoms with Crippen LogP contribution in [0.15, 0.2) is 35.1 Å². The average molecular weight is 460 g/mol. The molecule has 1 amide bonds. The lowest BCUT2D eigenvalue weighted by atomic mass is 9.53. The normalized spacial score (nSPS) is 36.0. The van der Waals surface area contributed by atoms with Crippen molar-refractivity contribution in [3.05, 3.63) is 46.2 Å². The third-order valence-electron chi connectivity index (χ3n) is 7.03. The minimum Gasteiger partial charge on any atom is -0.508 e. The fraction of sp³-hybridized carbons (Fsp3) is 0.409.